The second-order valence-corrected chi connectivity index (χ2v) is 15.2. The van der Waals surface area contributed by atoms with Crippen molar-refractivity contribution in [3.05, 3.63) is 96.2 Å². The largest absolute Gasteiger partial charge is 0.360 e. The van der Waals surface area contributed by atoms with Crippen LogP contribution in [0.1, 0.15) is 129 Å². The number of aromatic nitrogens is 2. The van der Waals surface area contributed by atoms with Gasteiger partial charge in [0, 0.05) is 52.2 Å². The molecule has 6 nitrogen and oxygen atoms in total. The Hall–Kier alpha value is -4.06. The molecule has 0 saturated carbocycles. The van der Waals surface area contributed by atoms with Crippen LogP contribution < -0.4 is 10.6 Å². The predicted octanol–water partition coefficient (Wildman–Crippen LogP) is 10.7. The van der Waals surface area contributed by atoms with Gasteiger partial charge in [-0.2, -0.15) is 0 Å². The molecule has 2 aromatic rings. The Morgan fingerprint density at radius 3 is 1.66 bits per heavy atom. The molecule has 5 aliphatic heterocycles. The molecule has 4 atom stereocenters. The van der Waals surface area contributed by atoms with E-state index in [4.69, 9.17) is 9.98 Å². The highest BCUT2D eigenvalue weighted by molar-refractivity contribution is 6.16. The lowest BCUT2D eigenvalue weighted by Gasteiger charge is -2.14. The number of H-pyrrole nitrogens is 2. The van der Waals surface area contributed by atoms with Gasteiger partial charge < -0.3 is 20.6 Å². The van der Waals surface area contributed by atoms with Crippen molar-refractivity contribution in [3.63, 3.8) is 0 Å². The van der Waals surface area contributed by atoms with Crippen LogP contribution in [0.4, 0.5) is 0 Å². The molecule has 0 aromatic carbocycles. The summed E-state index contributed by atoms with van der Waals surface area (Å²) in [7, 11) is 0. The summed E-state index contributed by atoms with van der Waals surface area (Å²) in [5, 5.41) is 7.94. The zero-order valence-corrected chi connectivity index (χ0v) is 32.6. The normalized spacial score (nSPS) is 24.6. The van der Waals surface area contributed by atoms with Crippen molar-refractivity contribution >= 4 is 17.5 Å². The summed E-state index contributed by atoms with van der Waals surface area (Å²) < 4.78 is 0. The van der Waals surface area contributed by atoms with Crippen molar-refractivity contribution < 1.29 is 0 Å². The SMILES string of the molecule is CCC1=C(C)C2=C3NC(=Cc4[nH]c(c(C)c4CC)-c4[nH]c(c(CC)c4C)C4=NC(=C5NC(=CC1=N2)C(CC)C5C)C(C)=C4CC)C(CC)C3C. The van der Waals surface area contributed by atoms with Crippen LogP contribution in [0, 0.1) is 37.5 Å². The lowest BCUT2D eigenvalue weighted by Crippen LogP contribution is -2.10. The molecule has 5 aliphatic rings. The number of aliphatic imine (C=N–C) groups is 2. The second-order valence-electron chi connectivity index (χ2n) is 15.2. The van der Waals surface area contributed by atoms with Gasteiger partial charge in [-0.25, -0.2) is 9.98 Å². The summed E-state index contributed by atoms with van der Waals surface area (Å²) in [4.78, 5) is 18.9. The quantitative estimate of drug-likeness (QED) is 0.247. The molecule has 0 radical (unpaired) electrons. The van der Waals surface area contributed by atoms with Crippen molar-refractivity contribution in [2.24, 2.45) is 33.7 Å². The molecule has 6 heteroatoms. The zero-order valence-electron chi connectivity index (χ0n) is 32.6. The molecular formula is C44H58N6. The number of hydrogen-bond acceptors (Lipinski definition) is 4. The van der Waals surface area contributed by atoms with E-state index in [-0.39, 0.29) is 0 Å². The molecule has 2 saturated heterocycles. The third-order valence-electron chi connectivity index (χ3n) is 12.8. The maximum atomic E-state index is 5.55. The molecule has 7 heterocycles. The van der Waals surface area contributed by atoms with Crippen molar-refractivity contribution in [3.8, 4) is 11.4 Å². The van der Waals surface area contributed by atoms with Gasteiger partial charge >= 0.3 is 0 Å². The number of allylic oxidation sites excluding steroid dienone is 9. The molecule has 0 amide bonds. The number of hydrogen-bond donors (Lipinski definition) is 4. The average Bonchev–Trinajstić information content (AvgIpc) is 3.91. The first-order valence-corrected chi connectivity index (χ1v) is 19.5. The van der Waals surface area contributed by atoms with E-state index in [1.165, 1.54) is 90.1 Å². The van der Waals surface area contributed by atoms with Gasteiger partial charge in [0.15, 0.2) is 0 Å². The Balaban J connectivity index is 1.55. The molecule has 2 aromatic heterocycles. The van der Waals surface area contributed by atoms with Crippen LogP contribution in [0.15, 0.2) is 72.5 Å². The van der Waals surface area contributed by atoms with Crippen LogP contribution in [-0.2, 0) is 12.8 Å². The van der Waals surface area contributed by atoms with Crippen molar-refractivity contribution in [2.45, 2.75) is 122 Å². The predicted molar refractivity (Wildman–Crippen MR) is 211 cm³/mol. The van der Waals surface area contributed by atoms with Crippen LogP contribution in [0.25, 0.3) is 17.5 Å². The topological polar surface area (TPSA) is 80.4 Å². The van der Waals surface area contributed by atoms with Crippen molar-refractivity contribution in [2.75, 3.05) is 0 Å². The van der Waals surface area contributed by atoms with E-state index in [1.54, 1.807) is 0 Å². The Bertz CT molecular complexity index is 2040. The standard InChI is InChI=1S/C44H58N6/c1-13-27-21(7)37-38-22(8)28(14-2)34(46-38)20-36-30(16-4)24(10)40(48-36)42-26(12)32(18-6)44(50-42)43-31(17-5)25(11)41(49-43)39-23(9)29(15-3)35(47-39)19-33(27)45-37/h19-21,24,27,30,45,47-49H,13-18H2,1-12H3. The fourth-order valence-electron chi connectivity index (χ4n) is 9.88. The van der Waals surface area contributed by atoms with Gasteiger partial charge in [0.1, 0.15) is 0 Å². The van der Waals surface area contributed by atoms with Crippen LogP contribution in [-0.4, -0.2) is 21.4 Å². The molecule has 7 rings (SSSR count). The van der Waals surface area contributed by atoms with Gasteiger partial charge in [0.25, 0.3) is 0 Å². The number of rotatable bonds is 6. The lowest BCUT2D eigenvalue weighted by molar-refractivity contribution is 0.495. The number of fused-ring (bicyclic) bond motifs is 12. The fraction of sp³-hybridized carbons (Fsp3) is 0.500. The monoisotopic (exact) mass is 670 g/mol. The van der Waals surface area contributed by atoms with Crippen LogP contribution in [0.5, 0.6) is 0 Å². The highest BCUT2D eigenvalue weighted by Gasteiger charge is 2.39. The second kappa shape index (κ2) is 12.9. The van der Waals surface area contributed by atoms with E-state index in [2.05, 4.69) is 116 Å². The summed E-state index contributed by atoms with van der Waals surface area (Å²) in [5.74, 6) is 1.46. The van der Waals surface area contributed by atoms with Crippen LogP contribution in [0.2, 0.25) is 0 Å². The molecule has 0 spiro atoms. The first-order valence-electron chi connectivity index (χ1n) is 19.5. The molecule has 4 N–H and O–H groups in total. The van der Waals surface area contributed by atoms with E-state index in [9.17, 15) is 0 Å². The minimum absolute atomic E-state index is 0.329. The third kappa shape index (κ3) is 4.95. The van der Waals surface area contributed by atoms with E-state index in [0.717, 1.165) is 61.3 Å². The smallest absolute Gasteiger partial charge is 0.0910 e. The van der Waals surface area contributed by atoms with E-state index in [0.29, 0.717) is 23.7 Å². The van der Waals surface area contributed by atoms with Gasteiger partial charge in [-0.1, -0.05) is 55.4 Å². The maximum absolute atomic E-state index is 5.55. The minimum atomic E-state index is 0.329. The van der Waals surface area contributed by atoms with Crippen molar-refractivity contribution in [1.29, 1.82) is 0 Å². The van der Waals surface area contributed by atoms with E-state index < -0.39 is 0 Å². The lowest BCUT2D eigenvalue weighted by atomic mass is 9.88. The minimum Gasteiger partial charge on any atom is -0.360 e. The molecule has 12 bridgehead atoms. The number of nitrogens with zero attached hydrogens (tertiary/aromatic N) is 2. The molecule has 264 valence electrons. The van der Waals surface area contributed by atoms with Gasteiger partial charge in [0.2, 0.25) is 0 Å². The van der Waals surface area contributed by atoms with E-state index in [1.807, 2.05) is 0 Å². The Morgan fingerprint density at radius 1 is 0.580 bits per heavy atom. The molecule has 0 aliphatic carbocycles. The summed E-state index contributed by atoms with van der Waals surface area (Å²) in [6.45, 7) is 27.6. The Kier molecular flexibility index (Phi) is 8.89. The Morgan fingerprint density at radius 2 is 1.10 bits per heavy atom. The molecule has 50 heavy (non-hydrogen) atoms. The number of nitrogens with one attached hydrogen (secondary N) is 4. The van der Waals surface area contributed by atoms with Gasteiger partial charge in [0.05, 0.1) is 39.9 Å². The third-order valence-corrected chi connectivity index (χ3v) is 12.8. The van der Waals surface area contributed by atoms with E-state index >= 15 is 0 Å². The molecule has 4 unspecified atom stereocenters. The van der Waals surface area contributed by atoms with Gasteiger partial charge in [-0.3, -0.25) is 0 Å². The first kappa shape index (κ1) is 34.4. The summed E-state index contributed by atoms with van der Waals surface area (Å²) in [6, 6.07) is 0. The van der Waals surface area contributed by atoms with Crippen molar-refractivity contribution in [1.82, 2.24) is 20.6 Å². The van der Waals surface area contributed by atoms with Gasteiger partial charge in [-0.15, -0.1) is 0 Å². The number of aromatic amines is 2. The first-order chi connectivity index (χ1) is 24.0. The van der Waals surface area contributed by atoms with Crippen LogP contribution in [0.3, 0.4) is 0 Å². The molecular weight excluding hydrogens is 613 g/mol. The highest BCUT2D eigenvalue weighted by atomic mass is 15.0. The van der Waals surface area contributed by atoms with Gasteiger partial charge in [-0.05, 0) is 123 Å². The zero-order chi connectivity index (χ0) is 35.8. The average molecular weight is 671 g/mol. The molecule has 2 fully saturated rings. The Labute approximate surface area is 300 Å². The highest BCUT2D eigenvalue weighted by Crippen LogP contribution is 2.45. The summed E-state index contributed by atoms with van der Waals surface area (Å²) >= 11 is 0. The summed E-state index contributed by atoms with van der Waals surface area (Å²) in [5.41, 5.74) is 25.0. The fourth-order valence-corrected chi connectivity index (χ4v) is 9.88. The maximum Gasteiger partial charge on any atom is 0.0910 e. The summed E-state index contributed by atoms with van der Waals surface area (Å²) in [6.07, 6.45) is 10.7. The van der Waals surface area contributed by atoms with Crippen LogP contribution >= 0.6 is 0 Å².